The molecule has 0 bridgehead atoms. The van der Waals surface area contributed by atoms with E-state index in [2.05, 4.69) is 10.3 Å². The third-order valence-corrected chi connectivity index (χ3v) is 4.40. The summed E-state index contributed by atoms with van der Waals surface area (Å²) in [6.07, 6.45) is 5.70. The molecule has 5 nitrogen and oxygen atoms in total. The number of carbonyl (C=O) groups excluding carboxylic acids is 1. The van der Waals surface area contributed by atoms with E-state index < -0.39 is 0 Å². The van der Waals surface area contributed by atoms with Crippen LogP contribution in [0, 0.1) is 5.92 Å². The maximum absolute atomic E-state index is 12.8. The third-order valence-electron chi connectivity index (χ3n) is 4.40. The van der Waals surface area contributed by atoms with Gasteiger partial charge in [-0.3, -0.25) is 9.78 Å². The van der Waals surface area contributed by atoms with Crippen molar-refractivity contribution in [3.8, 4) is 0 Å². The van der Waals surface area contributed by atoms with E-state index >= 15 is 0 Å². The van der Waals surface area contributed by atoms with Crippen molar-refractivity contribution in [2.24, 2.45) is 5.92 Å². The van der Waals surface area contributed by atoms with E-state index in [0.29, 0.717) is 13.2 Å². The molecule has 2 fully saturated rings. The molecule has 0 aliphatic carbocycles. The summed E-state index contributed by atoms with van der Waals surface area (Å²) < 4.78 is 5.46. The van der Waals surface area contributed by atoms with Gasteiger partial charge in [-0.05, 0) is 37.6 Å². The molecular formula is C15H21N3O2. The Hall–Kier alpha value is -1.46. The van der Waals surface area contributed by atoms with E-state index in [9.17, 15) is 4.79 Å². The van der Waals surface area contributed by atoms with Crippen LogP contribution >= 0.6 is 0 Å². The van der Waals surface area contributed by atoms with E-state index in [1.807, 2.05) is 24.1 Å². The second-order valence-corrected chi connectivity index (χ2v) is 5.51. The van der Waals surface area contributed by atoms with Gasteiger partial charge in [-0.2, -0.15) is 0 Å². The first-order valence-electron chi connectivity index (χ1n) is 7.26. The van der Waals surface area contributed by atoms with Gasteiger partial charge in [0.1, 0.15) is 0 Å². The first kappa shape index (κ1) is 13.5. The predicted molar refractivity (Wildman–Crippen MR) is 75.1 cm³/mol. The van der Waals surface area contributed by atoms with Crippen LogP contribution in [0.3, 0.4) is 0 Å². The van der Waals surface area contributed by atoms with Crippen molar-refractivity contribution in [1.82, 2.24) is 15.2 Å². The molecule has 5 heteroatoms. The van der Waals surface area contributed by atoms with E-state index in [-0.39, 0.29) is 23.9 Å². The normalized spacial score (nSPS) is 29.9. The molecule has 1 amide bonds. The third kappa shape index (κ3) is 2.43. The molecule has 1 aromatic rings. The van der Waals surface area contributed by atoms with Crippen molar-refractivity contribution < 1.29 is 9.53 Å². The average molecular weight is 275 g/mol. The summed E-state index contributed by atoms with van der Waals surface area (Å²) in [6, 6.07) is 4.36. The molecule has 1 aromatic heterocycles. The summed E-state index contributed by atoms with van der Waals surface area (Å²) in [7, 11) is 1.89. The molecule has 108 valence electrons. The molecule has 3 heterocycles. The molecule has 0 aromatic carbocycles. The number of nitrogens with one attached hydrogen (secondary N) is 1. The Labute approximate surface area is 119 Å². The second kappa shape index (κ2) is 5.89. The zero-order valence-electron chi connectivity index (χ0n) is 11.8. The predicted octanol–water partition coefficient (Wildman–Crippen LogP) is 0.979. The Bertz CT molecular complexity index is 465. The fourth-order valence-corrected chi connectivity index (χ4v) is 3.26. The highest BCUT2D eigenvalue weighted by Crippen LogP contribution is 2.33. The van der Waals surface area contributed by atoms with E-state index in [4.69, 9.17) is 4.74 Å². The molecule has 3 rings (SSSR count). The Morgan fingerprint density at radius 1 is 1.40 bits per heavy atom. The molecule has 2 aliphatic heterocycles. The summed E-state index contributed by atoms with van der Waals surface area (Å²) in [4.78, 5) is 18.9. The van der Waals surface area contributed by atoms with Crippen LogP contribution in [-0.4, -0.2) is 48.6 Å². The van der Waals surface area contributed by atoms with Crippen LogP contribution in [0.1, 0.15) is 24.4 Å². The maximum Gasteiger partial charge on any atom is 0.230 e. The van der Waals surface area contributed by atoms with E-state index in [0.717, 1.165) is 19.4 Å². The van der Waals surface area contributed by atoms with Gasteiger partial charge >= 0.3 is 0 Å². The van der Waals surface area contributed by atoms with Crippen LogP contribution < -0.4 is 5.32 Å². The lowest BCUT2D eigenvalue weighted by Gasteiger charge is -2.29. The van der Waals surface area contributed by atoms with Gasteiger partial charge in [0.2, 0.25) is 5.91 Å². The summed E-state index contributed by atoms with van der Waals surface area (Å²) in [6.45, 7) is 2.00. The first-order chi connectivity index (χ1) is 9.81. The summed E-state index contributed by atoms with van der Waals surface area (Å²) in [5.74, 6) is 0.170. The SMILES string of the molecule is CNC1COCC1C(=O)N1CCCC1c1ccncc1. The Balaban J connectivity index is 1.77. The number of likely N-dealkylation sites (N-methyl/N-ethyl adjacent to an activating group) is 1. The van der Waals surface area contributed by atoms with Crippen LogP contribution in [0.4, 0.5) is 0 Å². The van der Waals surface area contributed by atoms with Crippen LogP contribution in [0.25, 0.3) is 0 Å². The number of carbonyl (C=O) groups is 1. The van der Waals surface area contributed by atoms with E-state index in [1.165, 1.54) is 5.56 Å². The summed E-state index contributed by atoms with van der Waals surface area (Å²) in [5.41, 5.74) is 1.19. The van der Waals surface area contributed by atoms with Gasteiger partial charge in [-0.1, -0.05) is 0 Å². The number of amides is 1. The lowest BCUT2D eigenvalue weighted by atomic mass is 10.00. The van der Waals surface area contributed by atoms with Crippen LogP contribution in [0.5, 0.6) is 0 Å². The van der Waals surface area contributed by atoms with Gasteiger partial charge in [0.25, 0.3) is 0 Å². The highest BCUT2D eigenvalue weighted by Gasteiger charge is 2.39. The smallest absolute Gasteiger partial charge is 0.230 e. The number of ether oxygens (including phenoxy) is 1. The number of nitrogens with zero attached hydrogens (tertiary/aromatic N) is 2. The Morgan fingerprint density at radius 2 is 2.20 bits per heavy atom. The average Bonchev–Trinajstić information content (AvgIpc) is 3.16. The molecule has 0 spiro atoms. The van der Waals surface area contributed by atoms with Crippen LogP contribution in [-0.2, 0) is 9.53 Å². The lowest BCUT2D eigenvalue weighted by molar-refractivity contribution is -0.137. The van der Waals surface area contributed by atoms with Gasteiger partial charge in [-0.25, -0.2) is 0 Å². The molecule has 3 unspecified atom stereocenters. The van der Waals surface area contributed by atoms with E-state index in [1.54, 1.807) is 12.4 Å². The molecule has 2 saturated heterocycles. The number of likely N-dealkylation sites (tertiary alicyclic amines) is 1. The van der Waals surface area contributed by atoms with Crippen molar-refractivity contribution in [3.05, 3.63) is 30.1 Å². The fourth-order valence-electron chi connectivity index (χ4n) is 3.26. The zero-order valence-corrected chi connectivity index (χ0v) is 11.8. The molecule has 0 saturated carbocycles. The fraction of sp³-hybridized carbons (Fsp3) is 0.600. The van der Waals surface area contributed by atoms with Crippen LogP contribution in [0.2, 0.25) is 0 Å². The molecular weight excluding hydrogens is 254 g/mol. The molecule has 2 aliphatic rings. The highest BCUT2D eigenvalue weighted by atomic mass is 16.5. The molecule has 3 atom stereocenters. The topological polar surface area (TPSA) is 54.5 Å². The second-order valence-electron chi connectivity index (χ2n) is 5.51. The molecule has 1 N–H and O–H groups in total. The first-order valence-corrected chi connectivity index (χ1v) is 7.26. The van der Waals surface area contributed by atoms with Crippen molar-refractivity contribution in [2.75, 3.05) is 26.8 Å². The molecule has 0 radical (unpaired) electrons. The standard InChI is InChI=1S/C15H21N3O2/c1-16-13-10-20-9-12(13)15(19)18-8-2-3-14(18)11-4-6-17-7-5-11/h4-7,12-14,16H,2-3,8-10H2,1H3. The number of hydrogen-bond donors (Lipinski definition) is 1. The summed E-state index contributed by atoms with van der Waals surface area (Å²) >= 11 is 0. The number of aromatic nitrogens is 1. The quantitative estimate of drug-likeness (QED) is 0.893. The van der Waals surface area contributed by atoms with Gasteiger partial charge in [-0.15, -0.1) is 0 Å². The minimum atomic E-state index is -0.0533. The van der Waals surface area contributed by atoms with Crippen LogP contribution in [0.15, 0.2) is 24.5 Å². The minimum Gasteiger partial charge on any atom is -0.379 e. The monoisotopic (exact) mass is 275 g/mol. The van der Waals surface area contributed by atoms with Gasteiger partial charge < -0.3 is 15.0 Å². The zero-order chi connectivity index (χ0) is 13.9. The number of hydrogen-bond acceptors (Lipinski definition) is 4. The van der Waals surface area contributed by atoms with Crippen molar-refractivity contribution >= 4 is 5.91 Å². The largest absolute Gasteiger partial charge is 0.379 e. The van der Waals surface area contributed by atoms with Gasteiger partial charge in [0.15, 0.2) is 0 Å². The Kier molecular flexibility index (Phi) is 3.98. The number of rotatable bonds is 3. The van der Waals surface area contributed by atoms with Crippen molar-refractivity contribution in [1.29, 1.82) is 0 Å². The van der Waals surface area contributed by atoms with Crippen molar-refractivity contribution in [3.63, 3.8) is 0 Å². The van der Waals surface area contributed by atoms with Gasteiger partial charge in [0, 0.05) is 25.0 Å². The van der Waals surface area contributed by atoms with Gasteiger partial charge in [0.05, 0.1) is 25.2 Å². The highest BCUT2D eigenvalue weighted by molar-refractivity contribution is 5.80. The minimum absolute atomic E-state index is 0.0533. The molecule has 20 heavy (non-hydrogen) atoms. The van der Waals surface area contributed by atoms with Crippen molar-refractivity contribution in [2.45, 2.75) is 24.9 Å². The number of pyridine rings is 1. The lowest BCUT2D eigenvalue weighted by Crippen LogP contribution is -2.44. The maximum atomic E-state index is 12.8. The Morgan fingerprint density at radius 3 is 2.95 bits per heavy atom. The summed E-state index contributed by atoms with van der Waals surface area (Å²) in [5, 5.41) is 3.19.